The first-order chi connectivity index (χ1) is 10.2. The second kappa shape index (κ2) is 11.5. The molecule has 0 spiro atoms. The van der Waals surface area contributed by atoms with Gasteiger partial charge >= 0.3 is 0 Å². The second-order valence-electron chi connectivity index (χ2n) is 7.66. The largest absolute Gasteiger partial charge is 0.309 e. The van der Waals surface area contributed by atoms with Gasteiger partial charge in [-0.25, -0.2) is 0 Å². The van der Waals surface area contributed by atoms with E-state index in [-0.39, 0.29) is 0 Å². The lowest BCUT2D eigenvalue weighted by Crippen LogP contribution is -2.47. The van der Waals surface area contributed by atoms with Gasteiger partial charge < -0.3 is 5.32 Å². The van der Waals surface area contributed by atoms with Crippen molar-refractivity contribution in [1.29, 1.82) is 0 Å². The summed E-state index contributed by atoms with van der Waals surface area (Å²) in [6.07, 6.45) is 21.2. The van der Waals surface area contributed by atoms with Crippen LogP contribution < -0.4 is 5.32 Å². The van der Waals surface area contributed by atoms with E-state index < -0.39 is 0 Å². The molecule has 1 rings (SSSR count). The number of nitrogens with one attached hydrogen (secondary N) is 1. The third-order valence-electron chi connectivity index (χ3n) is 5.32. The molecular weight excluding hydrogens is 254 g/mol. The van der Waals surface area contributed by atoms with Gasteiger partial charge in [0.25, 0.3) is 0 Å². The van der Waals surface area contributed by atoms with Gasteiger partial charge in [0, 0.05) is 11.6 Å². The molecule has 1 N–H and O–H groups in total. The second-order valence-corrected chi connectivity index (χ2v) is 7.66. The molecule has 0 saturated heterocycles. The van der Waals surface area contributed by atoms with Crippen LogP contribution in [0.15, 0.2) is 0 Å². The van der Waals surface area contributed by atoms with Crippen molar-refractivity contribution >= 4 is 0 Å². The van der Waals surface area contributed by atoms with E-state index in [9.17, 15) is 0 Å². The van der Waals surface area contributed by atoms with Crippen molar-refractivity contribution in [2.75, 3.05) is 0 Å². The highest BCUT2D eigenvalue weighted by atomic mass is 15.0. The molecule has 1 saturated carbocycles. The fourth-order valence-corrected chi connectivity index (χ4v) is 3.89. The molecule has 1 heteroatoms. The molecule has 0 bridgehead atoms. The predicted octanol–water partition coefficient (Wildman–Crippen LogP) is 6.61. The zero-order valence-corrected chi connectivity index (χ0v) is 15.2. The molecule has 126 valence electrons. The fraction of sp³-hybridized carbons (Fsp3) is 1.00. The molecule has 0 aromatic heterocycles. The fourth-order valence-electron chi connectivity index (χ4n) is 3.89. The third-order valence-corrected chi connectivity index (χ3v) is 5.32. The number of hydrogen-bond donors (Lipinski definition) is 1. The highest BCUT2D eigenvalue weighted by Crippen LogP contribution is 2.27. The first-order valence-electron chi connectivity index (χ1n) is 9.98. The number of unbranched alkanes of at least 4 members (excludes halogenated alkanes) is 7. The Morgan fingerprint density at radius 1 is 0.762 bits per heavy atom. The third kappa shape index (κ3) is 8.86. The van der Waals surface area contributed by atoms with Crippen molar-refractivity contribution in [2.45, 2.75) is 129 Å². The van der Waals surface area contributed by atoms with Gasteiger partial charge in [-0.1, -0.05) is 84.5 Å². The van der Waals surface area contributed by atoms with Crippen molar-refractivity contribution < 1.29 is 0 Å². The van der Waals surface area contributed by atoms with Crippen molar-refractivity contribution in [3.05, 3.63) is 0 Å². The highest BCUT2D eigenvalue weighted by Gasteiger charge is 2.27. The molecular formula is C20H41N. The van der Waals surface area contributed by atoms with E-state index >= 15 is 0 Å². The normalized spacial score (nSPS) is 19.0. The van der Waals surface area contributed by atoms with Gasteiger partial charge in [-0.15, -0.1) is 0 Å². The van der Waals surface area contributed by atoms with Crippen LogP contribution in [0.5, 0.6) is 0 Å². The standard InChI is InChI=1S/C20H41N/c1-4-6-8-10-14-18-20(3,17-13-9-7-5-2)21-19-15-11-12-16-19/h19,21H,4-18H2,1-3H3. The Balaban J connectivity index is 2.31. The maximum absolute atomic E-state index is 4.06. The van der Waals surface area contributed by atoms with Crippen molar-refractivity contribution in [3.63, 3.8) is 0 Å². The van der Waals surface area contributed by atoms with Crippen LogP contribution in [0.25, 0.3) is 0 Å². The van der Waals surface area contributed by atoms with Gasteiger partial charge in [0.1, 0.15) is 0 Å². The Labute approximate surface area is 134 Å². The average molecular weight is 296 g/mol. The van der Waals surface area contributed by atoms with E-state index in [0.29, 0.717) is 5.54 Å². The van der Waals surface area contributed by atoms with Crippen LogP contribution in [-0.2, 0) is 0 Å². The van der Waals surface area contributed by atoms with E-state index in [2.05, 4.69) is 26.1 Å². The van der Waals surface area contributed by atoms with Crippen molar-refractivity contribution in [1.82, 2.24) is 5.32 Å². The molecule has 0 aromatic rings. The van der Waals surface area contributed by atoms with E-state index in [1.54, 1.807) is 0 Å². The SMILES string of the molecule is CCCCCCCC(C)(CCCCCC)NC1CCCC1. The molecule has 1 fully saturated rings. The Hall–Kier alpha value is -0.0400. The maximum atomic E-state index is 4.06. The van der Waals surface area contributed by atoms with E-state index in [4.69, 9.17) is 0 Å². The maximum Gasteiger partial charge on any atom is 0.0155 e. The minimum absolute atomic E-state index is 0.412. The van der Waals surface area contributed by atoms with Crippen molar-refractivity contribution in [3.8, 4) is 0 Å². The smallest absolute Gasteiger partial charge is 0.0155 e. The number of hydrogen-bond acceptors (Lipinski definition) is 1. The van der Waals surface area contributed by atoms with Crippen LogP contribution in [0.4, 0.5) is 0 Å². The molecule has 1 unspecified atom stereocenters. The molecule has 1 aliphatic carbocycles. The van der Waals surface area contributed by atoms with Gasteiger partial charge in [0.2, 0.25) is 0 Å². The monoisotopic (exact) mass is 295 g/mol. The zero-order chi connectivity index (χ0) is 15.4. The predicted molar refractivity (Wildman–Crippen MR) is 95.9 cm³/mol. The zero-order valence-electron chi connectivity index (χ0n) is 15.2. The molecule has 0 aliphatic heterocycles. The van der Waals surface area contributed by atoms with Crippen LogP contribution in [0.1, 0.15) is 117 Å². The quantitative estimate of drug-likeness (QED) is 0.377. The molecule has 1 atom stereocenters. The Morgan fingerprint density at radius 3 is 1.76 bits per heavy atom. The van der Waals surface area contributed by atoms with Crippen LogP contribution in [0.3, 0.4) is 0 Å². The molecule has 0 aromatic carbocycles. The average Bonchev–Trinajstić information content (AvgIpc) is 2.96. The van der Waals surface area contributed by atoms with Gasteiger partial charge in [-0.2, -0.15) is 0 Å². The molecule has 1 aliphatic rings. The van der Waals surface area contributed by atoms with Gasteiger partial charge in [0.15, 0.2) is 0 Å². The first kappa shape index (κ1) is 19.0. The van der Waals surface area contributed by atoms with Gasteiger partial charge in [-0.3, -0.25) is 0 Å². The topological polar surface area (TPSA) is 12.0 Å². The van der Waals surface area contributed by atoms with E-state index in [1.807, 2.05) is 0 Å². The Morgan fingerprint density at radius 2 is 1.24 bits per heavy atom. The minimum Gasteiger partial charge on any atom is -0.309 e. The summed E-state index contributed by atoms with van der Waals surface area (Å²) >= 11 is 0. The van der Waals surface area contributed by atoms with Crippen LogP contribution >= 0.6 is 0 Å². The summed E-state index contributed by atoms with van der Waals surface area (Å²) < 4.78 is 0. The van der Waals surface area contributed by atoms with Crippen molar-refractivity contribution in [2.24, 2.45) is 0 Å². The summed E-state index contributed by atoms with van der Waals surface area (Å²) in [6, 6.07) is 0.816. The molecule has 21 heavy (non-hydrogen) atoms. The molecule has 0 heterocycles. The Bertz CT molecular complexity index is 232. The van der Waals surface area contributed by atoms with Crippen LogP contribution in [-0.4, -0.2) is 11.6 Å². The summed E-state index contributed by atoms with van der Waals surface area (Å²) in [5, 5.41) is 4.06. The first-order valence-corrected chi connectivity index (χ1v) is 9.98. The lowest BCUT2D eigenvalue weighted by Gasteiger charge is -2.34. The summed E-state index contributed by atoms with van der Waals surface area (Å²) in [7, 11) is 0. The molecule has 0 radical (unpaired) electrons. The van der Waals surface area contributed by atoms with Gasteiger partial charge in [0.05, 0.1) is 0 Å². The lowest BCUT2D eigenvalue weighted by molar-refractivity contribution is 0.255. The van der Waals surface area contributed by atoms with Gasteiger partial charge in [-0.05, 0) is 32.6 Å². The molecule has 0 amide bonds. The number of rotatable bonds is 13. The minimum atomic E-state index is 0.412. The molecule has 1 nitrogen and oxygen atoms in total. The van der Waals surface area contributed by atoms with Crippen LogP contribution in [0, 0.1) is 0 Å². The summed E-state index contributed by atoms with van der Waals surface area (Å²) in [6.45, 7) is 7.13. The Kier molecular flexibility index (Phi) is 10.4. The van der Waals surface area contributed by atoms with E-state index in [0.717, 1.165) is 6.04 Å². The summed E-state index contributed by atoms with van der Waals surface area (Å²) in [5.74, 6) is 0. The van der Waals surface area contributed by atoms with Crippen LogP contribution in [0.2, 0.25) is 0 Å². The summed E-state index contributed by atoms with van der Waals surface area (Å²) in [5.41, 5.74) is 0.412. The summed E-state index contributed by atoms with van der Waals surface area (Å²) in [4.78, 5) is 0. The lowest BCUT2D eigenvalue weighted by atomic mass is 9.87. The highest BCUT2D eigenvalue weighted by molar-refractivity contribution is 4.88. The van der Waals surface area contributed by atoms with E-state index in [1.165, 1.54) is 96.3 Å².